The standard InChI is InChI=1S/C15H19F2N3/c1-10(11-7-8-11)19(2)9-14-18-12-5-3-4-6-13(12)20(14)15(16)17/h3-6,10-11,15H,7-9H2,1-2H3. The van der Waals surface area contributed by atoms with E-state index in [0.29, 0.717) is 35.4 Å². The molecule has 0 radical (unpaired) electrons. The molecule has 1 aromatic carbocycles. The van der Waals surface area contributed by atoms with Crippen LogP contribution in [-0.2, 0) is 6.54 Å². The molecule has 0 bridgehead atoms. The van der Waals surface area contributed by atoms with Crippen LogP contribution in [0.5, 0.6) is 0 Å². The number of benzene rings is 1. The average molecular weight is 279 g/mol. The first-order chi connectivity index (χ1) is 9.58. The van der Waals surface area contributed by atoms with E-state index in [1.54, 1.807) is 18.2 Å². The number of imidazole rings is 1. The molecule has 0 amide bonds. The van der Waals surface area contributed by atoms with Gasteiger partial charge in [0.05, 0.1) is 17.6 Å². The second kappa shape index (κ2) is 5.13. The monoisotopic (exact) mass is 279 g/mol. The third-order valence-corrected chi connectivity index (χ3v) is 4.25. The molecule has 3 nitrogen and oxygen atoms in total. The summed E-state index contributed by atoms with van der Waals surface area (Å²) in [7, 11) is 1.98. The van der Waals surface area contributed by atoms with Gasteiger partial charge in [0.2, 0.25) is 0 Å². The van der Waals surface area contributed by atoms with Gasteiger partial charge in [-0.05, 0) is 44.9 Å². The van der Waals surface area contributed by atoms with Crippen LogP contribution in [0.2, 0.25) is 0 Å². The van der Waals surface area contributed by atoms with Crippen LogP contribution in [0, 0.1) is 5.92 Å². The van der Waals surface area contributed by atoms with E-state index in [1.165, 1.54) is 12.8 Å². The molecule has 3 rings (SSSR count). The van der Waals surface area contributed by atoms with Gasteiger partial charge in [-0.1, -0.05) is 12.1 Å². The van der Waals surface area contributed by atoms with Crippen LogP contribution >= 0.6 is 0 Å². The van der Waals surface area contributed by atoms with E-state index in [1.807, 2.05) is 13.1 Å². The first-order valence-corrected chi connectivity index (χ1v) is 7.02. The van der Waals surface area contributed by atoms with Crippen molar-refractivity contribution in [1.82, 2.24) is 14.5 Å². The molecule has 108 valence electrons. The number of hydrogen-bond acceptors (Lipinski definition) is 2. The predicted molar refractivity (Wildman–Crippen MR) is 74.6 cm³/mol. The lowest BCUT2D eigenvalue weighted by atomic mass is 10.2. The van der Waals surface area contributed by atoms with Gasteiger partial charge in [-0.15, -0.1) is 0 Å². The molecule has 1 atom stereocenters. The summed E-state index contributed by atoms with van der Waals surface area (Å²) >= 11 is 0. The van der Waals surface area contributed by atoms with E-state index in [4.69, 9.17) is 0 Å². The summed E-state index contributed by atoms with van der Waals surface area (Å²) in [4.78, 5) is 6.50. The topological polar surface area (TPSA) is 21.1 Å². The molecule has 0 saturated heterocycles. The average Bonchev–Trinajstić information content (AvgIpc) is 3.18. The molecule has 1 aromatic heterocycles. The fourth-order valence-electron chi connectivity index (χ4n) is 2.73. The minimum absolute atomic E-state index is 0.418. The Morgan fingerprint density at radius 1 is 1.35 bits per heavy atom. The molecular formula is C15H19F2N3. The first-order valence-electron chi connectivity index (χ1n) is 7.02. The van der Waals surface area contributed by atoms with Crippen LogP contribution in [0.3, 0.4) is 0 Å². The minimum Gasteiger partial charge on any atom is -0.296 e. The second-order valence-electron chi connectivity index (χ2n) is 5.66. The van der Waals surface area contributed by atoms with Gasteiger partial charge in [-0.3, -0.25) is 9.47 Å². The van der Waals surface area contributed by atoms with Gasteiger partial charge in [0.1, 0.15) is 5.82 Å². The Kier molecular flexibility index (Phi) is 3.46. The van der Waals surface area contributed by atoms with E-state index in [2.05, 4.69) is 16.8 Å². The number of nitrogens with zero attached hydrogens (tertiary/aromatic N) is 3. The molecule has 1 saturated carbocycles. The number of fused-ring (bicyclic) bond motifs is 1. The largest absolute Gasteiger partial charge is 0.320 e. The van der Waals surface area contributed by atoms with Crippen molar-refractivity contribution in [3.63, 3.8) is 0 Å². The summed E-state index contributed by atoms with van der Waals surface area (Å²) in [6, 6.07) is 7.49. The van der Waals surface area contributed by atoms with Crippen LogP contribution in [0.4, 0.5) is 8.78 Å². The van der Waals surface area contributed by atoms with Gasteiger partial charge in [-0.2, -0.15) is 8.78 Å². The van der Waals surface area contributed by atoms with Crippen molar-refractivity contribution < 1.29 is 8.78 Å². The maximum atomic E-state index is 13.3. The van der Waals surface area contributed by atoms with Crippen molar-refractivity contribution in [3.05, 3.63) is 30.1 Å². The summed E-state index contributed by atoms with van der Waals surface area (Å²) in [5.41, 5.74) is 1.14. The molecule has 0 N–H and O–H groups in total. The zero-order chi connectivity index (χ0) is 14.3. The zero-order valence-electron chi connectivity index (χ0n) is 11.8. The van der Waals surface area contributed by atoms with Crippen LogP contribution in [0.1, 0.15) is 32.1 Å². The van der Waals surface area contributed by atoms with Gasteiger partial charge in [0.25, 0.3) is 0 Å². The second-order valence-corrected chi connectivity index (χ2v) is 5.66. The normalized spacial score (nSPS) is 17.3. The van der Waals surface area contributed by atoms with E-state index < -0.39 is 6.55 Å². The number of alkyl halides is 2. The highest BCUT2D eigenvalue weighted by molar-refractivity contribution is 5.75. The molecule has 1 fully saturated rings. The number of para-hydroxylation sites is 2. The fraction of sp³-hybridized carbons (Fsp3) is 0.533. The molecule has 1 aliphatic carbocycles. The third-order valence-electron chi connectivity index (χ3n) is 4.25. The van der Waals surface area contributed by atoms with E-state index >= 15 is 0 Å². The smallest absolute Gasteiger partial charge is 0.296 e. The van der Waals surface area contributed by atoms with Crippen molar-refractivity contribution >= 4 is 11.0 Å². The summed E-state index contributed by atoms with van der Waals surface area (Å²) < 4.78 is 27.7. The summed E-state index contributed by atoms with van der Waals surface area (Å²) in [5, 5.41) is 0. The minimum atomic E-state index is -2.55. The third kappa shape index (κ3) is 2.42. The van der Waals surface area contributed by atoms with Crippen molar-refractivity contribution in [3.8, 4) is 0 Å². The van der Waals surface area contributed by atoms with Crippen LogP contribution in [0.25, 0.3) is 11.0 Å². The van der Waals surface area contributed by atoms with Crippen LogP contribution < -0.4 is 0 Å². The number of hydrogen-bond donors (Lipinski definition) is 0. The molecule has 0 aliphatic heterocycles. The summed E-state index contributed by atoms with van der Waals surface area (Å²) in [6.07, 6.45) is 2.49. The molecule has 1 heterocycles. The maximum absolute atomic E-state index is 13.3. The lowest BCUT2D eigenvalue weighted by Gasteiger charge is -2.24. The van der Waals surface area contributed by atoms with Gasteiger partial charge in [-0.25, -0.2) is 4.98 Å². The Bertz CT molecular complexity index is 604. The Balaban J connectivity index is 1.91. The Hall–Kier alpha value is -1.49. The maximum Gasteiger partial charge on any atom is 0.320 e. The summed E-state index contributed by atoms with van der Waals surface area (Å²) in [5.74, 6) is 1.15. The zero-order valence-corrected chi connectivity index (χ0v) is 11.8. The Labute approximate surface area is 117 Å². The highest BCUT2D eigenvalue weighted by Crippen LogP contribution is 2.35. The lowest BCUT2D eigenvalue weighted by molar-refractivity contribution is 0.0677. The number of halogens is 2. The van der Waals surface area contributed by atoms with Crippen LogP contribution in [0.15, 0.2) is 24.3 Å². The SMILES string of the molecule is CC(C1CC1)N(C)Cc1nc2ccccc2n1C(F)F. The van der Waals surface area contributed by atoms with Crippen molar-refractivity contribution in [2.75, 3.05) is 7.05 Å². The predicted octanol–water partition coefficient (Wildman–Crippen LogP) is 3.66. The van der Waals surface area contributed by atoms with E-state index in [0.717, 1.165) is 4.57 Å². The number of aromatic nitrogens is 2. The number of rotatable bonds is 5. The molecule has 5 heteroatoms. The van der Waals surface area contributed by atoms with Gasteiger partial charge < -0.3 is 0 Å². The quantitative estimate of drug-likeness (QED) is 0.832. The van der Waals surface area contributed by atoms with Gasteiger partial charge in [0, 0.05) is 6.04 Å². The fourth-order valence-corrected chi connectivity index (χ4v) is 2.73. The summed E-state index contributed by atoms with van der Waals surface area (Å²) in [6.45, 7) is 0.0611. The van der Waals surface area contributed by atoms with Crippen molar-refractivity contribution in [1.29, 1.82) is 0 Å². The molecule has 2 aromatic rings. The lowest BCUT2D eigenvalue weighted by Crippen LogP contribution is -2.31. The first kappa shape index (κ1) is 13.5. The molecule has 0 spiro atoms. The molecular weight excluding hydrogens is 260 g/mol. The highest BCUT2D eigenvalue weighted by atomic mass is 19.3. The highest BCUT2D eigenvalue weighted by Gasteiger charge is 2.31. The molecule has 20 heavy (non-hydrogen) atoms. The van der Waals surface area contributed by atoms with Gasteiger partial charge >= 0.3 is 6.55 Å². The van der Waals surface area contributed by atoms with Crippen LogP contribution in [-0.4, -0.2) is 27.5 Å². The Morgan fingerprint density at radius 3 is 2.70 bits per heavy atom. The van der Waals surface area contributed by atoms with Gasteiger partial charge in [0.15, 0.2) is 0 Å². The molecule has 1 aliphatic rings. The van der Waals surface area contributed by atoms with E-state index in [-0.39, 0.29) is 0 Å². The van der Waals surface area contributed by atoms with E-state index in [9.17, 15) is 8.78 Å². The van der Waals surface area contributed by atoms with Crippen molar-refractivity contribution in [2.24, 2.45) is 5.92 Å². The molecule has 1 unspecified atom stereocenters. The Morgan fingerprint density at radius 2 is 2.05 bits per heavy atom. The van der Waals surface area contributed by atoms with Crippen molar-refractivity contribution in [2.45, 2.75) is 38.9 Å².